The van der Waals surface area contributed by atoms with Crippen LogP contribution in [0.4, 0.5) is 28.6 Å². The summed E-state index contributed by atoms with van der Waals surface area (Å²) in [7, 11) is 3.75. The van der Waals surface area contributed by atoms with Crippen LogP contribution in [0.2, 0.25) is 0 Å². The Kier molecular flexibility index (Phi) is 13.4. The third-order valence-corrected chi connectivity index (χ3v) is 13.0. The van der Waals surface area contributed by atoms with Crippen LogP contribution >= 0.6 is 11.8 Å². The van der Waals surface area contributed by atoms with Gasteiger partial charge in [-0.1, -0.05) is 36.4 Å². The SMILES string of the molecule is CN(C)CCC(CSc1ccccc1)Nc1ccc(S(=O)(=O)Nc2ncnc3cc(N4CCN(Cc5cccnc5-c5ccc(N(C)C)cc5)CC4)ccc23)cc1[N+](=O)[O-]. The van der Waals surface area contributed by atoms with Crippen LogP contribution in [-0.2, 0) is 16.6 Å². The average molecular weight is 847 g/mol. The van der Waals surface area contributed by atoms with Crippen LogP contribution in [0.3, 0.4) is 0 Å². The van der Waals surface area contributed by atoms with E-state index in [1.54, 1.807) is 11.8 Å². The highest BCUT2D eigenvalue weighted by atomic mass is 32.2. The lowest BCUT2D eigenvalue weighted by Crippen LogP contribution is -2.46. The highest BCUT2D eigenvalue weighted by Gasteiger charge is 2.25. The molecule has 0 bridgehead atoms. The van der Waals surface area contributed by atoms with Gasteiger partial charge in [-0.25, -0.2) is 18.4 Å². The molecule has 312 valence electrons. The van der Waals surface area contributed by atoms with E-state index in [2.05, 4.69) is 69.9 Å². The van der Waals surface area contributed by atoms with E-state index >= 15 is 0 Å². The van der Waals surface area contributed by atoms with Crippen molar-refractivity contribution >= 4 is 61.3 Å². The summed E-state index contributed by atoms with van der Waals surface area (Å²) in [5.74, 6) is 0.752. The summed E-state index contributed by atoms with van der Waals surface area (Å²) in [5.41, 5.74) is 5.88. The molecular weight excluding hydrogens is 797 g/mol. The van der Waals surface area contributed by atoms with Crippen molar-refractivity contribution in [3.8, 4) is 11.3 Å². The maximum absolute atomic E-state index is 13.8. The first-order valence-electron chi connectivity index (χ1n) is 19.8. The quantitative estimate of drug-likeness (QED) is 0.0537. The number of hydrogen-bond donors (Lipinski definition) is 2. The van der Waals surface area contributed by atoms with Crippen molar-refractivity contribution in [1.29, 1.82) is 0 Å². The average Bonchev–Trinajstić information content (AvgIpc) is 3.25. The molecule has 1 fully saturated rings. The first kappa shape index (κ1) is 42.3. The lowest BCUT2D eigenvalue weighted by molar-refractivity contribution is -0.384. The molecule has 0 aliphatic carbocycles. The molecule has 6 aromatic rings. The van der Waals surface area contributed by atoms with Crippen molar-refractivity contribution < 1.29 is 13.3 Å². The van der Waals surface area contributed by atoms with Crippen molar-refractivity contribution in [1.82, 2.24) is 24.8 Å². The minimum absolute atomic E-state index is 0.0894. The molecule has 60 heavy (non-hydrogen) atoms. The van der Waals surface area contributed by atoms with Gasteiger partial charge in [-0.3, -0.25) is 24.7 Å². The number of benzene rings is 4. The van der Waals surface area contributed by atoms with E-state index < -0.39 is 14.9 Å². The molecule has 14 nitrogen and oxygen atoms in total. The molecular formula is C44H50N10O4S2. The van der Waals surface area contributed by atoms with Gasteiger partial charge in [-0.15, -0.1) is 11.8 Å². The van der Waals surface area contributed by atoms with Crippen LogP contribution in [0.15, 0.2) is 125 Å². The van der Waals surface area contributed by atoms with Gasteiger partial charge in [0.05, 0.1) is 21.0 Å². The van der Waals surface area contributed by atoms with Gasteiger partial charge in [0.25, 0.3) is 15.7 Å². The van der Waals surface area contributed by atoms with Gasteiger partial charge in [-0.05, 0) is 93.3 Å². The maximum Gasteiger partial charge on any atom is 0.293 e. The predicted octanol–water partition coefficient (Wildman–Crippen LogP) is 7.31. The number of nitrogens with zero attached hydrogens (tertiary/aromatic N) is 8. The second kappa shape index (κ2) is 19.1. The molecule has 1 aliphatic rings. The van der Waals surface area contributed by atoms with Gasteiger partial charge in [-0.2, -0.15) is 0 Å². The number of pyridine rings is 1. The molecule has 1 saturated heterocycles. The normalized spacial score (nSPS) is 14.0. The van der Waals surface area contributed by atoms with Crippen molar-refractivity contribution in [2.75, 3.05) is 86.5 Å². The fraction of sp³-hybridized carbons (Fsp3) is 0.295. The number of anilines is 4. The number of hydrogen-bond acceptors (Lipinski definition) is 13. The molecule has 4 aromatic carbocycles. The van der Waals surface area contributed by atoms with E-state index in [0.29, 0.717) is 16.7 Å². The summed E-state index contributed by atoms with van der Waals surface area (Å²) >= 11 is 1.66. The summed E-state index contributed by atoms with van der Waals surface area (Å²) < 4.78 is 30.1. The molecule has 16 heteroatoms. The molecule has 0 saturated carbocycles. The molecule has 1 unspecified atom stereocenters. The van der Waals surface area contributed by atoms with E-state index in [-0.39, 0.29) is 28.1 Å². The first-order valence-corrected chi connectivity index (χ1v) is 22.2. The number of rotatable bonds is 17. The van der Waals surface area contributed by atoms with Crippen molar-refractivity contribution in [2.45, 2.75) is 28.8 Å². The van der Waals surface area contributed by atoms with Crippen LogP contribution in [0.5, 0.6) is 0 Å². The molecule has 3 heterocycles. The Morgan fingerprint density at radius 1 is 0.867 bits per heavy atom. The highest BCUT2D eigenvalue weighted by Crippen LogP contribution is 2.33. The molecule has 7 rings (SSSR count). The predicted molar refractivity (Wildman–Crippen MR) is 243 cm³/mol. The lowest BCUT2D eigenvalue weighted by atomic mass is 10.0. The molecule has 2 N–H and O–H groups in total. The van der Waals surface area contributed by atoms with Crippen molar-refractivity contribution in [3.05, 3.63) is 131 Å². The van der Waals surface area contributed by atoms with E-state index in [1.807, 2.05) is 89.0 Å². The second-order valence-electron chi connectivity index (χ2n) is 15.2. The standard InChI is InChI=1S/C44H50N10O4S2/c1-50(2)22-20-34(30-59-37-10-6-5-7-11-37)48-40-19-17-38(28-42(40)54(55)56)60(57,58)49-44-39-18-16-36(27-41(39)46-31-47-44)53-25-23-52(24-26-53)29-33-9-8-21-45-43(33)32-12-14-35(15-13-32)51(3)4/h5-19,21,27-28,31,34,48H,20,22-26,29-30H2,1-4H3,(H,46,47,49). The molecule has 2 aromatic heterocycles. The Bertz CT molecular complexity index is 2520. The van der Waals surface area contributed by atoms with Crippen LogP contribution in [0, 0.1) is 10.1 Å². The number of nitro groups is 1. The zero-order valence-corrected chi connectivity index (χ0v) is 35.9. The van der Waals surface area contributed by atoms with Gasteiger partial charge in [0.2, 0.25) is 0 Å². The minimum Gasteiger partial charge on any atom is -0.378 e. The maximum atomic E-state index is 13.8. The largest absolute Gasteiger partial charge is 0.378 e. The summed E-state index contributed by atoms with van der Waals surface area (Å²) in [4.78, 5) is 35.0. The zero-order chi connectivity index (χ0) is 42.2. The monoisotopic (exact) mass is 846 g/mol. The Labute approximate surface area is 355 Å². The molecule has 0 radical (unpaired) electrons. The fourth-order valence-corrected chi connectivity index (χ4v) is 9.20. The number of aromatic nitrogens is 3. The second-order valence-corrected chi connectivity index (χ2v) is 18.0. The highest BCUT2D eigenvalue weighted by molar-refractivity contribution is 7.99. The molecule has 0 spiro atoms. The number of nitrogens with one attached hydrogen (secondary N) is 2. The minimum atomic E-state index is -4.27. The number of sulfonamides is 1. The summed E-state index contributed by atoms with van der Waals surface area (Å²) in [6.07, 6.45) is 3.89. The van der Waals surface area contributed by atoms with Gasteiger partial charge in [0, 0.05) is 98.1 Å². The van der Waals surface area contributed by atoms with Crippen molar-refractivity contribution in [3.63, 3.8) is 0 Å². The fourth-order valence-electron chi connectivity index (χ4n) is 7.15. The summed E-state index contributed by atoms with van der Waals surface area (Å²) in [6, 6.07) is 32.1. The van der Waals surface area contributed by atoms with Crippen LogP contribution in [-0.4, -0.2) is 111 Å². The first-order chi connectivity index (χ1) is 28.9. The molecule has 1 aliphatic heterocycles. The summed E-state index contributed by atoms with van der Waals surface area (Å²) in [5, 5.41) is 16.2. The topological polar surface area (TPSA) is 153 Å². The van der Waals surface area contributed by atoms with Gasteiger partial charge < -0.3 is 20.0 Å². The number of thioether (sulfide) groups is 1. The smallest absolute Gasteiger partial charge is 0.293 e. The van der Waals surface area contributed by atoms with Crippen LogP contribution < -0.4 is 19.8 Å². The van der Waals surface area contributed by atoms with Gasteiger partial charge in [0.1, 0.15) is 12.0 Å². The zero-order valence-electron chi connectivity index (χ0n) is 34.2. The van der Waals surface area contributed by atoms with Crippen molar-refractivity contribution in [2.24, 2.45) is 0 Å². The Balaban J connectivity index is 1.01. The lowest BCUT2D eigenvalue weighted by Gasteiger charge is -2.36. The summed E-state index contributed by atoms with van der Waals surface area (Å²) in [6.45, 7) is 4.86. The van der Waals surface area contributed by atoms with E-state index in [4.69, 9.17) is 4.98 Å². The van der Waals surface area contributed by atoms with E-state index in [1.165, 1.54) is 24.0 Å². The molecule has 1 atom stereocenters. The number of nitro benzene ring substituents is 1. The van der Waals surface area contributed by atoms with Crippen LogP contribution in [0.25, 0.3) is 22.2 Å². The Hall–Kier alpha value is -5.81. The van der Waals surface area contributed by atoms with Gasteiger partial charge in [0.15, 0.2) is 5.82 Å². The van der Waals surface area contributed by atoms with E-state index in [0.717, 1.165) is 79.3 Å². The van der Waals surface area contributed by atoms with E-state index in [9.17, 15) is 18.5 Å². The number of piperazine rings is 1. The molecule has 0 amide bonds. The Morgan fingerprint density at radius 3 is 2.35 bits per heavy atom. The third-order valence-electron chi connectivity index (χ3n) is 10.5. The third kappa shape index (κ3) is 10.5. The van der Waals surface area contributed by atoms with Gasteiger partial charge >= 0.3 is 0 Å². The number of fused-ring (bicyclic) bond motifs is 1. The Morgan fingerprint density at radius 2 is 1.63 bits per heavy atom. The van der Waals surface area contributed by atoms with Crippen LogP contribution in [0.1, 0.15) is 12.0 Å².